The van der Waals surface area contributed by atoms with E-state index in [1.165, 1.54) is 11.8 Å². The third-order valence-electron chi connectivity index (χ3n) is 1.73. The highest BCUT2D eigenvalue weighted by Crippen LogP contribution is 2.18. The molecule has 0 N–H and O–H groups in total. The van der Waals surface area contributed by atoms with Crippen molar-refractivity contribution < 1.29 is 4.21 Å². The average molecular weight is 215 g/mol. The van der Waals surface area contributed by atoms with Crippen LogP contribution < -0.4 is 0 Å². The van der Waals surface area contributed by atoms with Crippen LogP contribution in [0, 0.1) is 0 Å². The van der Waals surface area contributed by atoms with Crippen LogP contribution in [0.15, 0.2) is 22.6 Å². The van der Waals surface area contributed by atoms with Crippen LogP contribution in [0.2, 0.25) is 0 Å². The first-order chi connectivity index (χ1) is 6.15. The highest BCUT2D eigenvalue weighted by atomic mass is 32.2. The lowest BCUT2D eigenvalue weighted by Crippen LogP contribution is -1.91. The Bertz CT molecular complexity index is 341. The molecule has 0 radical (unpaired) electrons. The normalized spacial score (nSPS) is 14.5. The highest BCUT2D eigenvalue weighted by Gasteiger charge is 2.01. The van der Waals surface area contributed by atoms with Crippen LogP contribution in [0.3, 0.4) is 0 Å². The molecule has 0 aliphatic carbocycles. The predicted octanol–water partition coefficient (Wildman–Crippen LogP) is 2.06. The molecular formula is C9H13NOS2. The van der Waals surface area contributed by atoms with Gasteiger partial charge in [0.1, 0.15) is 0 Å². The molecule has 2 nitrogen and oxygen atoms in total. The van der Waals surface area contributed by atoms with Gasteiger partial charge in [0.2, 0.25) is 0 Å². The molecule has 1 rings (SSSR count). The molecule has 1 aromatic rings. The van der Waals surface area contributed by atoms with Gasteiger partial charge >= 0.3 is 0 Å². The molecule has 1 heterocycles. The molecule has 0 saturated carbocycles. The second-order valence-electron chi connectivity index (χ2n) is 2.67. The first-order valence-electron chi connectivity index (χ1n) is 3.85. The molecule has 13 heavy (non-hydrogen) atoms. The van der Waals surface area contributed by atoms with Gasteiger partial charge in [-0.15, -0.1) is 11.8 Å². The highest BCUT2D eigenvalue weighted by molar-refractivity contribution is 8.16. The van der Waals surface area contributed by atoms with Gasteiger partial charge in [-0.25, -0.2) is 0 Å². The van der Waals surface area contributed by atoms with E-state index in [9.17, 15) is 4.21 Å². The predicted molar refractivity (Wildman–Crippen MR) is 61.0 cm³/mol. The maximum absolute atomic E-state index is 11.2. The van der Waals surface area contributed by atoms with Crippen LogP contribution in [0.25, 0.3) is 6.08 Å². The largest absolute Gasteiger partial charge is 0.351 e. The summed E-state index contributed by atoms with van der Waals surface area (Å²) in [6.45, 7) is 0. The van der Waals surface area contributed by atoms with E-state index < -0.39 is 10.8 Å². The van der Waals surface area contributed by atoms with Crippen LogP contribution in [-0.4, -0.2) is 21.3 Å². The molecule has 0 saturated heterocycles. The fourth-order valence-electron chi connectivity index (χ4n) is 1.00. The van der Waals surface area contributed by atoms with Gasteiger partial charge in [0.25, 0.3) is 0 Å². The van der Waals surface area contributed by atoms with Gasteiger partial charge in [-0.05, 0) is 24.5 Å². The Labute approximate surface area is 85.5 Å². The molecule has 1 unspecified atom stereocenters. The molecule has 0 spiro atoms. The van der Waals surface area contributed by atoms with Crippen molar-refractivity contribution in [2.24, 2.45) is 7.05 Å². The van der Waals surface area contributed by atoms with Crippen LogP contribution in [-0.2, 0) is 17.8 Å². The summed E-state index contributed by atoms with van der Waals surface area (Å²) in [7, 11) is 1.09. The molecule has 1 atom stereocenters. The monoisotopic (exact) mass is 215 g/mol. The summed E-state index contributed by atoms with van der Waals surface area (Å²) in [5.74, 6) is 0. The maximum atomic E-state index is 11.2. The first-order valence-corrected chi connectivity index (χ1v) is 6.64. The molecule has 0 bridgehead atoms. The number of nitrogens with zero attached hydrogens (tertiary/aromatic N) is 1. The van der Waals surface area contributed by atoms with E-state index in [-0.39, 0.29) is 0 Å². The van der Waals surface area contributed by atoms with Crippen molar-refractivity contribution in [3.63, 3.8) is 0 Å². The summed E-state index contributed by atoms with van der Waals surface area (Å²) in [4.78, 5) is 0. The van der Waals surface area contributed by atoms with E-state index in [1.807, 2.05) is 42.3 Å². The maximum Gasteiger partial charge on any atom is 0.0731 e. The van der Waals surface area contributed by atoms with Gasteiger partial charge in [0, 0.05) is 25.2 Å². The molecule has 4 heteroatoms. The van der Waals surface area contributed by atoms with Crippen LogP contribution in [0.1, 0.15) is 5.69 Å². The van der Waals surface area contributed by atoms with E-state index in [4.69, 9.17) is 0 Å². The third-order valence-corrected chi connectivity index (χ3v) is 4.14. The molecule has 1 aromatic heterocycles. The van der Waals surface area contributed by atoms with Crippen molar-refractivity contribution in [2.45, 2.75) is 0 Å². The van der Waals surface area contributed by atoms with E-state index in [1.54, 1.807) is 6.26 Å². The average Bonchev–Trinajstić information content (AvgIpc) is 2.46. The number of hydrogen-bond donors (Lipinski definition) is 0. The molecule has 0 aliphatic rings. The number of thioether (sulfide) groups is 1. The van der Waals surface area contributed by atoms with Gasteiger partial charge in [-0.2, -0.15) is 0 Å². The van der Waals surface area contributed by atoms with Gasteiger partial charge in [0.05, 0.1) is 15.0 Å². The van der Waals surface area contributed by atoms with Crippen molar-refractivity contribution in [3.8, 4) is 0 Å². The zero-order valence-electron chi connectivity index (χ0n) is 7.98. The minimum atomic E-state index is -0.886. The Morgan fingerprint density at radius 1 is 1.69 bits per heavy atom. The number of rotatable bonds is 3. The van der Waals surface area contributed by atoms with Gasteiger partial charge < -0.3 is 4.57 Å². The lowest BCUT2D eigenvalue weighted by molar-refractivity contribution is 0.691. The topological polar surface area (TPSA) is 22.0 Å². The van der Waals surface area contributed by atoms with Gasteiger partial charge in [-0.3, -0.25) is 4.21 Å². The zero-order chi connectivity index (χ0) is 9.84. The lowest BCUT2D eigenvalue weighted by Gasteiger charge is -2.00. The minimum Gasteiger partial charge on any atom is -0.351 e. The Balaban J connectivity index is 2.98. The number of hydrogen-bond acceptors (Lipinski definition) is 2. The van der Waals surface area contributed by atoms with Crippen molar-refractivity contribution in [2.75, 3.05) is 12.5 Å². The summed E-state index contributed by atoms with van der Waals surface area (Å²) < 4.78 is 14.1. The van der Waals surface area contributed by atoms with Crippen molar-refractivity contribution >= 4 is 28.6 Å². The van der Waals surface area contributed by atoms with Gasteiger partial charge in [0.15, 0.2) is 0 Å². The van der Waals surface area contributed by atoms with Crippen LogP contribution in [0.4, 0.5) is 0 Å². The Morgan fingerprint density at radius 2 is 2.38 bits per heavy atom. The summed E-state index contributed by atoms with van der Waals surface area (Å²) in [6.07, 6.45) is 7.57. The first kappa shape index (κ1) is 10.6. The van der Waals surface area contributed by atoms with Crippen LogP contribution in [0.5, 0.6) is 0 Å². The Kier molecular flexibility index (Phi) is 3.81. The SMILES string of the molecule is CSC(=Cc1cccn1C)S(C)=O. The lowest BCUT2D eigenvalue weighted by atomic mass is 10.4. The second kappa shape index (κ2) is 4.67. The summed E-state index contributed by atoms with van der Waals surface area (Å²) in [6, 6.07) is 3.98. The van der Waals surface area contributed by atoms with E-state index in [2.05, 4.69) is 0 Å². The molecule has 0 amide bonds. The number of aryl methyl sites for hydroxylation is 1. The summed E-state index contributed by atoms with van der Waals surface area (Å²) >= 11 is 1.53. The molecule has 0 aliphatic heterocycles. The molecule has 72 valence electrons. The fourth-order valence-corrected chi connectivity index (χ4v) is 2.47. The van der Waals surface area contributed by atoms with E-state index >= 15 is 0 Å². The zero-order valence-corrected chi connectivity index (χ0v) is 9.61. The molecule has 0 aromatic carbocycles. The molecular weight excluding hydrogens is 202 g/mol. The van der Waals surface area contributed by atoms with E-state index in [0.29, 0.717) is 0 Å². The number of aromatic nitrogens is 1. The van der Waals surface area contributed by atoms with Crippen LogP contribution >= 0.6 is 11.8 Å². The van der Waals surface area contributed by atoms with Crippen molar-refractivity contribution in [1.29, 1.82) is 0 Å². The van der Waals surface area contributed by atoms with Crippen molar-refractivity contribution in [1.82, 2.24) is 4.57 Å². The fraction of sp³-hybridized carbons (Fsp3) is 0.333. The minimum absolute atomic E-state index is 0.886. The Hall–Kier alpha value is -0.480. The Morgan fingerprint density at radius 3 is 2.77 bits per heavy atom. The van der Waals surface area contributed by atoms with Crippen molar-refractivity contribution in [3.05, 3.63) is 28.3 Å². The quantitative estimate of drug-likeness (QED) is 0.770. The second-order valence-corrected chi connectivity index (χ2v) is 5.12. The standard InChI is InChI=1S/C9H13NOS2/c1-10-6-4-5-8(10)7-9(12-2)13(3)11/h4-7H,1-3H3. The van der Waals surface area contributed by atoms with Gasteiger partial charge in [-0.1, -0.05) is 0 Å². The smallest absolute Gasteiger partial charge is 0.0731 e. The van der Waals surface area contributed by atoms with E-state index in [0.717, 1.165) is 9.93 Å². The summed E-state index contributed by atoms with van der Waals surface area (Å²) in [5.41, 5.74) is 1.08. The summed E-state index contributed by atoms with van der Waals surface area (Å²) in [5, 5.41) is 0. The third kappa shape index (κ3) is 2.74. The molecule has 0 fully saturated rings.